The Morgan fingerprint density at radius 1 is 1.19 bits per heavy atom. The van der Waals surface area contributed by atoms with Crippen molar-refractivity contribution >= 4 is 23.3 Å². The van der Waals surface area contributed by atoms with Gasteiger partial charge in [-0.15, -0.1) is 11.3 Å². The largest absolute Gasteiger partial charge is 0.463 e. The predicted octanol–water partition coefficient (Wildman–Crippen LogP) is 3.34. The molecule has 6 heteroatoms. The lowest BCUT2D eigenvalue weighted by molar-refractivity contribution is -0.139. The summed E-state index contributed by atoms with van der Waals surface area (Å²) in [6.45, 7) is 3.72. The number of carbonyl (C=O) groups is 2. The molecule has 1 atom stereocenters. The third-order valence-corrected chi connectivity index (χ3v) is 4.85. The quantitative estimate of drug-likeness (QED) is 0.647. The number of carbonyl (C=O) groups excluding carboxylic acids is 2. The van der Waals surface area contributed by atoms with E-state index in [1.54, 1.807) is 13.8 Å². The van der Waals surface area contributed by atoms with Crippen LogP contribution in [0.15, 0.2) is 53.7 Å². The number of ether oxygens (including phenoxy) is 1. The summed E-state index contributed by atoms with van der Waals surface area (Å²) >= 11 is 1.44. The highest BCUT2D eigenvalue weighted by Crippen LogP contribution is 2.32. The van der Waals surface area contributed by atoms with Gasteiger partial charge in [0, 0.05) is 16.1 Å². The number of hydrogen-bond donors (Lipinski definition) is 2. The Morgan fingerprint density at radius 2 is 1.96 bits per heavy atom. The molecule has 0 saturated heterocycles. The zero-order chi connectivity index (χ0) is 18.5. The lowest BCUT2D eigenvalue weighted by Crippen LogP contribution is -2.45. The van der Waals surface area contributed by atoms with Gasteiger partial charge in [-0.1, -0.05) is 30.0 Å². The van der Waals surface area contributed by atoms with Gasteiger partial charge in [0.2, 0.25) is 0 Å². The fraction of sp³-hybridized carbons (Fsp3) is 0.200. The summed E-state index contributed by atoms with van der Waals surface area (Å²) in [6.07, 6.45) is 0. The summed E-state index contributed by atoms with van der Waals surface area (Å²) in [7, 11) is 0. The van der Waals surface area contributed by atoms with Crippen LogP contribution in [0.1, 0.15) is 35.2 Å². The summed E-state index contributed by atoms with van der Waals surface area (Å²) in [4.78, 5) is 25.9. The molecule has 0 radical (unpaired) electrons. The van der Waals surface area contributed by atoms with E-state index in [0.29, 0.717) is 11.3 Å². The molecule has 3 rings (SSSR count). The highest BCUT2D eigenvalue weighted by molar-refractivity contribution is 7.12. The highest BCUT2D eigenvalue weighted by Gasteiger charge is 2.32. The van der Waals surface area contributed by atoms with Crippen molar-refractivity contribution < 1.29 is 14.3 Å². The summed E-state index contributed by atoms with van der Waals surface area (Å²) in [5.74, 6) is 5.79. The van der Waals surface area contributed by atoms with Crippen LogP contribution in [0.5, 0.6) is 0 Å². The van der Waals surface area contributed by atoms with Crippen LogP contribution in [0.25, 0.3) is 0 Å². The molecule has 0 spiro atoms. The number of urea groups is 1. The van der Waals surface area contributed by atoms with Crippen molar-refractivity contribution in [2.24, 2.45) is 0 Å². The van der Waals surface area contributed by atoms with Crippen LogP contribution in [-0.2, 0) is 9.53 Å². The van der Waals surface area contributed by atoms with Gasteiger partial charge in [-0.3, -0.25) is 0 Å². The topological polar surface area (TPSA) is 67.4 Å². The van der Waals surface area contributed by atoms with E-state index in [0.717, 1.165) is 15.3 Å². The van der Waals surface area contributed by atoms with Crippen LogP contribution in [0.3, 0.4) is 0 Å². The van der Waals surface area contributed by atoms with Crippen LogP contribution >= 0.6 is 11.3 Å². The average molecular weight is 366 g/mol. The number of allylic oxidation sites excluding steroid dienone is 1. The molecular formula is C20H18N2O3S. The molecule has 0 unspecified atom stereocenters. The minimum atomic E-state index is -0.542. The van der Waals surface area contributed by atoms with Gasteiger partial charge in [0.25, 0.3) is 0 Å². The summed E-state index contributed by atoms with van der Waals surface area (Å²) in [5, 5.41) is 5.42. The number of hydrogen-bond acceptors (Lipinski definition) is 4. The van der Waals surface area contributed by atoms with Crippen molar-refractivity contribution in [2.45, 2.75) is 19.9 Å². The smallest absolute Gasteiger partial charge is 0.338 e. The molecule has 132 valence electrons. The normalized spacial score (nSPS) is 16.2. The molecule has 26 heavy (non-hydrogen) atoms. The maximum absolute atomic E-state index is 12.3. The van der Waals surface area contributed by atoms with E-state index in [1.165, 1.54) is 11.3 Å². The van der Waals surface area contributed by atoms with Gasteiger partial charge in [-0.05, 0) is 38.1 Å². The molecule has 2 N–H and O–H groups in total. The Hall–Kier alpha value is -3.04. The van der Waals surface area contributed by atoms with E-state index < -0.39 is 12.0 Å². The molecular weight excluding hydrogens is 348 g/mol. The Labute approximate surface area is 156 Å². The second-order valence-electron chi connectivity index (χ2n) is 5.61. The maximum Gasteiger partial charge on any atom is 0.338 e. The Bertz CT molecular complexity index is 919. The first-order chi connectivity index (χ1) is 12.6. The van der Waals surface area contributed by atoms with Crippen molar-refractivity contribution in [3.63, 3.8) is 0 Å². The number of thiophene rings is 1. The third-order valence-electron chi connectivity index (χ3n) is 3.78. The van der Waals surface area contributed by atoms with Gasteiger partial charge in [0.05, 0.1) is 23.1 Å². The maximum atomic E-state index is 12.3. The molecule has 2 amide bonds. The molecule has 2 aromatic rings. The lowest BCUT2D eigenvalue weighted by Gasteiger charge is -2.26. The van der Waals surface area contributed by atoms with Gasteiger partial charge in [-0.2, -0.15) is 0 Å². The monoisotopic (exact) mass is 366 g/mol. The van der Waals surface area contributed by atoms with E-state index >= 15 is 0 Å². The van der Waals surface area contributed by atoms with Crippen LogP contribution in [-0.4, -0.2) is 18.6 Å². The first-order valence-corrected chi connectivity index (χ1v) is 9.02. The molecule has 2 heterocycles. The van der Waals surface area contributed by atoms with Crippen LogP contribution in [0, 0.1) is 11.8 Å². The first-order valence-electron chi connectivity index (χ1n) is 8.20. The van der Waals surface area contributed by atoms with Crippen molar-refractivity contribution in [2.75, 3.05) is 6.61 Å². The van der Waals surface area contributed by atoms with Crippen molar-refractivity contribution in [1.82, 2.24) is 10.6 Å². The van der Waals surface area contributed by atoms with Gasteiger partial charge < -0.3 is 15.4 Å². The molecule has 1 aromatic carbocycles. The van der Waals surface area contributed by atoms with E-state index in [4.69, 9.17) is 4.74 Å². The molecule has 5 nitrogen and oxygen atoms in total. The van der Waals surface area contributed by atoms with E-state index in [9.17, 15) is 9.59 Å². The zero-order valence-corrected chi connectivity index (χ0v) is 15.3. The molecule has 1 aliphatic heterocycles. The highest BCUT2D eigenvalue weighted by atomic mass is 32.1. The number of amides is 2. The summed E-state index contributed by atoms with van der Waals surface area (Å²) < 4.78 is 5.14. The van der Waals surface area contributed by atoms with Gasteiger partial charge in [-0.25, -0.2) is 9.59 Å². The second kappa shape index (κ2) is 7.89. The van der Waals surface area contributed by atoms with Gasteiger partial charge in [0.15, 0.2) is 0 Å². The zero-order valence-electron chi connectivity index (χ0n) is 14.5. The van der Waals surface area contributed by atoms with Crippen molar-refractivity contribution in [3.8, 4) is 11.8 Å². The van der Waals surface area contributed by atoms with Crippen LogP contribution in [0.2, 0.25) is 0 Å². The van der Waals surface area contributed by atoms with Crippen molar-refractivity contribution in [1.29, 1.82) is 0 Å². The van der Waals surface area contributed by atoms with E-state index in [-0.39, 0.29) is 12.6 Å². The molecule has 0 fully saturated rings. The third kappa shape index (κ3) is 3.95. The Kier molecular flexibility index (Phi) is 5.40. The SMILES string of the molecule is CCOC(=O)C1=C(C)NC(=O)N[C@@H]1c1ccc(C#Cc2ccccc2)s1. The van der Waals surface area contributed by atoms with Crippen molar-refractivity contribution in [3.05, 3.63) is 69.1 Å². The van der Waals surface area contributed by atoms with Gasteiger partial charge in [0.1, 0.15) is 0 Å². The molecule has 0 aliphatic carbocycles. The number of nitrogens with one attached hydrogen (secondary N) is 2. The Balaban J connectivity index is 1.89. The molecule has 1 aliphatic rings. The van der Waals surface area contributed by atoms with Crippen LogP contribution in [0.4, 0.5) is 4.79 Å². The summed E-state index contributed by atoms with van der Waals surface area (Å²) in [6, 6.07) is 12.6. The molecule has 0 bridgehead atoms. The minimum absolute atomic E-state index is 0.272. The fourth-order valence-electron chi connectivity index (χ4n) is 2.62. The first kappa shape index (κ1) is 17.8. The predicted molar refractivity (Wildman–Crippen MR) is 100 cm³/mol. The summed E-state index contributed by atoms with van der Waals surface area (Å²) in [5.41, 5.74) is 1.85. The average Bonchev–Trinajstić information content (AvgIpc) is 3.09. The fourth-order valence-corrected chi connectivity index (χ4v) is 3.54. The van der Waals surface area contributed by atoms with E-state index in [1.807, 2.05) is 42.5 Å². The number of rotatable bonds is 3. The molecule has 0 saturated carbocycles. The minimum Gasteiger partial charge on any atom is -0.463 e. The standard InChI is InChI=1S/C20H18N2O3S/c1-3-25-19(23)17-13(2)21-20(24)22-18(17)16-12-11-15(26-16)10-9-14-7-5-4-6-8-14/h4-8,11-12,18H,3H2,1-2H3,(H2,21,22,24)/t18-/m1/s1. The Morgan fingerprint density at radius 3 is 2.69 bits per heavy atom. The number of benzene rings is 1. The van der Waals surface area contributed by atoms with Gasteiger partial charge >= 0.3 is 12.0 Å². The van der Waals surface area contributed by atoms with Crippen LogP contribution < -0.4 is 10.6 Å². The second-order valence-corrected chi connectivity index (χ2v) is 6.72. The number of esters is 1. The lowest BCUT2D eigenvalue weighted by atomic mass is 10.0. The van der Waals surface area contributed by atoms with E-state index in [2.05, 4.69) is 22.5 Å². The molecule has 1 aromatic heterocycles.